The summed E-state index contributed by atoms with van der Waals surface area (Å²) in [6.45, 7) is 0. The van der Waals surface area contributed by atoms with E-state index in [1.165, 1.54) is 27.6 Å². The van der Waals surface area contributed by atoms with E-state index in [-0.39, 0.29) is 0 Å². The normalized spacial score (nSPS) is 12.9. The van der Waals surface area contributed by atoms with Crippen LogP contribution in [0.2, 0.25) is 0 Å². The van der Waals surface area contributed by atoms with Crippen LogP contribution in [-0.4, -0.2) is 7.11 Å². The highest BCUT2D eigenvalue weighted by molar-refractivity contribution is 5.96. The third-order valence-corrected chi connectivity index (χ3v) is 5.08. The number of furan rings is 1. The third kappa shape index (κ3) is 2.34. The fourth-order valence-electron chi connectivity index (χ4n) is 3.76. The van der Waals surface area contributed by atoms with Gasteiger partial charge in [0.25, 0.3) is 0 Å². The summed E-state index contributed by atoms with van der Waals surface area (Å²) >= 11 is 0. The molecular formula is C24H18O2. The Kier molecular flexibility index (Phi) is 3.42. The highest BCUT2D eigenvalue weighted by atomic mass is 16.5. The predicted molar refractivity (Wildman–Crippen MR) is 105 cm³/mol. The minimum Gasteiger partial charge on any atom is -0.497 e. The summed E-state index contributed by atoms with van der Waals surface area (Å²) in [5.74, 6) is 1.81. The zero-order valence-electron chi connectivity index (χ0n) is 14.5. The SMILES string of the molecule is COc1ccc(C2=Cc3oc4ccccc4c3Cc3ccccc32)cc1. The van der Waals surface area contributed by atoms with Crippen LogP contribution in [-0.2, 0) is 6.42 Å². The van der Waals surface area contributed by atoms with Crippen molar-refractivity contribution in [1.29, 1.82) is 0 Å². The number of fused-ring (bicyclic) bond motifs is 4. The van der Waals surface area contributed by atoms with Crippen molar-refractivity contribution >= 4 is 22.6 Å². The van der Waals surface area contributed by atoms with E-state index in [1.807, 2.05) is 24.3 Å². The summed E-state index contributed by atoms with van der Waals surface area (Å²) in [6, 6.07) is 25.1. The van der Waals surface area contributed by atoms with E-state index in [2.05, 4.69) is 54.6 Å². The third-order valence-electron chi connectivity index (χ3n) is 5.08. The van der Waals surface area contributed by atoms with Crippen LogP contribution in [0.5, 0.6) is 5.75 Å². The van der Waals surface area contributed by atoms with E-state index < -0.39 is 0 Å². The minimum absolute atomic E-state index is 0.862. The predicted octanol–water partition coefficient (Wildman–Crippen LogP) is 5.93. The van der Waals surface area contributed by atoms with E-state index in [1.54, 1.807) is 7.11 Å². The van der Waals surface area contributed by atoms with Crippen LogP contribution in [0.15, 0.2) is 77.2 Å². The van der Waals surface area contributed by atoms with Crippen molar-refractivity contribution < 1.29 is 9.15 Å². The van der Waals surface area contributed by atoms with Crippen LogP contribution in [0.3, 0.4) is 0 Å². The van der Waals surface area contributed by atoms with Crippen molar-refractivity contribution in [3.05, 3.63) is 101 Å². The second-order valence-corrected chi connectivity index (χ2v) is 6.56. The van der Waals surface area contributed by atoms with Crippen molar-refractivity contribution in [2.24, 2.45) is 0 Å². The number of hydrogen-bond acceptors (Lipinski definition) is 2. The van der Waals surface area contributed by atoms with Gasteiger partial charge in [-0.15, -0.1) is 0 Å². The number of hydrogen-bond donors (Lipinski definition) is 0. The van der Waals surface area contributed by atoms with Crippen molar-refractivity contribution in [3.63, 3.8) is 0 Å². The summed E-state index contributed by atoms with van der Waals surface area (Å²) in [5, 5.41) is 1.20. The van der Waals surface area contributed by atoms with Crippen LogP contribution in [0.1, 0.15) is 28.0 Å². The van der Waals surface area contributed by atoms with Crippen LogP contribution >= 0.6 is 0 Å². The molecule has 0 spiro atoms. The molecule has 0 unspecified atom stereocenters. The standard InChI is InChI=1S/C24H18O2/c1-25-18-12-10-16(11-13-18)21-15-24-22(14-17-6-2-3-7-19(17)21)20-8-4-5-9-23(20)26-24/h2-13,15H,14H2,1H3. The minimum atomic E-state index is 0.862. The molecule has 1 heterocycles. The van der Waals surface area contributed by atoms with Crippen LogP contribution < -0.4 is 4.74 Å². The van der Waals surface area contributed by atoms with Crippen molar-refractivity contribution in [3.8, 4) is 5.75 Å². The van der Waals surface area contributed by atoms with Crippen molar-refractivity contribution in [2.75, 3.05) is 7.11 Å². The first kappa shape index (κ1) is 15.0. The van der Waals surface area contributed by atoms with Gasteiger partial charge in [-0.1, -0.05) is 54.6 Å². The first-order chi connectivity index (χ1) is 12.8. The van der Waals surface area contributed by atoms with Gasteiger partial charge in [0.1, 0.15) is 17.1 Å². The molecule has 26 heavy (non-hydrogen) atoms. The fourth-order valence-corrected chi connectivity index (χ4v) is 3.76. The first-order valence-electron chi connectivity index (χ1n) is 8.78. The summed E-state index contributed by atoms with van der Waals surface area (Å²) < 4.78 is 11.5. The molecule has 1 aliphatic carbocycles. The molecule has 2 heteroatoms. The van der Waals surface area contributed by atoms with Gasteiger partial charge in [0, 0.05) is 17.4 Å². The summed E-state index contributed by atoms with van der Waals surface area (Å²) in [5.41, 5.74) is 7.12. The Morgan fingerprint density at radius 2 is 1.62 bits per heavy atom. The second-order valence-electron chi connectivity index (χ2n) is 6.56. The quantitative estimate of drug-likeness (QED) is 0.398. The highest BCUT2D eigenvalue weighted by Gasteiger charge is 2.21. The lowest BCUT2D eigenvalue weighted by molar-refractivity contribution is 0.415. The molecule has 0 fully saturated rings. The molecule has 0 atom stereocenters. The van der Waals surface area contributed by atoms with E-state index in [0.717, 1.165) is 29.1 Å². The molecule has 4 aromatic rings. The van der Waals surface area contributed by atoms with Gasteiger partial charge in [-0.05, 0) is 46.5 Å². The Balaban J connectivity index is 1.77. The average Bonchev–Trinajstić information content (AvgIpc) is 2.95. The topological polar surface area (TPSA) is 22.4 Å². The molecule has 1 aromatic heterocycles. The van der Waals surface area contributed by atoms with E-state index >= 15 is 0 Å². The lowest BCUT2D eigenvalue weighted by Gasteiger charge is -2.11. The average molecular weight is 338 g/mol. The molecule has 0 radical (unpaired) electrons. The van der Waals surface area contributed by atoms with Gasteiger partial charge in [-0.3, -0.25) is 0 Å². The second kappa shape index (κ2) is 5.92. The molecule has 0 N–H and O–H groups in total. The maximum Gasteiger partial charge on any atom is 0.135 e. The molecule has 5 rings (SSSR count). The maximum absolute atomic E-state index is 6.20. The zero-order chi connectivity index (χ0) is 17.5. The number of ether oxygens (including phenoxy) is 1. The van der Waals surface area contributed by atoms with Gasteiger partial charge >= 0.3 is 0 Å². The van der Waals surface area contributed by atoms with E-state index in [0.29, 0.717) is 0 Å². The molecule has 0 saturated carbocycles. The molecular weight excluding hydrogens is 320 g/mol. The van der Waals surface area contributed by atoms with E-state index in [9.17, 15) is 0 Å². The first-order valence-corrected chi connectivity index (χ1v) is 8.78. The zero-order valence-corrected chi connectivity index (χ0v) is 14.5. The lowest BCUT2D eigenvalue weighted by atomic mass is 9.93. The number of rotatable bonds is 2. The molecule has 0 bridgehead atoms. The molecule has 0 saturated heterocycles. The fraction of sp³-hybridized carbons (Fsp3) is 0.0833. The maximum atomic E-state index is 6.20. The molecule has 126 valence electrons. The highest BCUT2D eigenvalue weighted by Crippen LogP contribution is 2.38. The lowest BCUT2D eigenvalue weighted by Crippen LogP contribution is -1.94. The molecule has 2 nitrogen and oxygen atoms in total. The Bertz CT molecular complexity index is 1130. The van der Waals surface area contributed by atoms with Gasteiger partial charge in [0.2, 0.25) is 0 Å². The smallest absolute Gasteiger partial charge is 0.135 e. The summed E-state index contributed by atoms with van der Waals surface area (Å²) in [7, 11) is 1.69. The van der Waals surface area contributed by atoms with Crippen LogP contribution in [0.25, 0.3) is 22.6 Å². The van der Waals surface area contributed by atoms with Crippen LogP contribution in [0, 0.1) is 0 Å². The van der Waals surface area contributed by atoms with Gasteiger partial charge in [0.15, 0.2) is 0 Å². The van der Waals surface area contributed by atoms with E-state index in [4.69, 9.17) is 9.15 Å². The molecule has 0 amide bonds. The molecule has 1 aliphatic rings. The van der Waals surface area contributed by atoms with Crippen molar-refractivity contribution in [1.82, 2.24) is 0 Å². The van der Waals surface area contributed by atoms with Gasteiger partial charge in [0.05, 0.1) is 7.11 Å². The molecule has 3 aromatic carbocycles. The largest absolute Gasteiger partial charge is 0.497 e. The Morgan fingerprint density at radius 1 is 0.846 bits per heavy atom. The molecule has 0 aliphatic heterocycles. The number of para-hydroxylation sites is 1. The number of methoxy groups -OCH3 is 1. The van der Waals surface area contributed by atoms with Gasteiger partial charge in [-0.25, -0.2) is 0 Å². The van der Waals surface area contributed by atoms with Crippen molar-refractivity contribution in [2.45, 2.75) is 6.42 Å². The summed E-state index contributed by atoms with van der Waals surface area (Å²) in [6.07, 6.45) is 3.06. The van der Waals surface area contributed by atoms with Gasteiger partial charge in [-0.2, -0.15) is 0 Å². The van der Waals surface area contributed by atoms with Gasteiger partial charge < -0.3 is 9.15 Å². The van der Waals surface area contributed by atoms with Crippen LogP contribution in [0.4, 0.5) is 0 Å². The Hall–Kier alpha value is -3.26. The summed E-state index contributed by atoms with van der Waals surface area (Å²) in [4.78, 5) is 0. The Morgan fingerprint density at radius 3 is 2.46 bits per heavy atom. The number of benzene rings is 3. The monoisotopic (exact) mass is 338 g/mol. The Labute approximate surface area is 152 Å².